The zero-order chi connectivity index (χ0) is 20.6. The van der Waals surface area contributed by atoms with Gasteiger partial charge in [-0.3, -0.25) is 29.4 Å². The van der Waals surface area contributed by atoms with Crippen LogP contribution in [0.3, 0.4) is 0 Å². The number of carbonyl (C=O) groups is 2. The van der Waals surface area contributed by atoms with Crippen molar-refractivity contribution in [2.75, 3.05) is 10.6 Å². The number of benzene rings is 1. The van der Waals surface area contributed by atoms with Crippen molar-refractivity contribution in [3.63, 3.8) is 0 Å². The van der Waals surface area contributed by atoms with Crippen molar-refractivity contribution in [2.24, 2.45) is 0 Å². The van der Waals surface area contributed by atoms with Gasteiger partial charge in [0.15, 0.2) is 0 Å². The molecule has 0 saturated carbocycles. The number of aryl methyl sites for hydroxylation is 2. The van der Waals surface area contributed by atoms with E-state index in [-0.39, 0.29) is 12.6 Å². The van der Waals surface area contributed by atoms with Gasteiger partial charge in [-0.25, -0.2) is 8.42 Å². The van der Waals surface area contributed by atoms with Crippen LogP contribution in [0.25, 0.3) is 0 Å². The van der Waals surface area contributed by atoms with Gasteiger partial charge in [0.05, 0.1) is 17.6 Å². The average Bonchev–Trinajstić information content (AvgIpc) is 3.09. The SMILES string of the molecule is Cc1cc(C)n(CC(=O)NNC(=O)c2ccc3c(c2)C[C@@H](C)N3S(C)(=O)=O)n1. The number of sulfonamides is 1. The fraction of sp³-hybridized carbons (Fsp3) is 0.389. The van der Waals surface area contributed by atoms with Gasteiger partial charge in [0.25, 0.3) is 11.8 Å². The molecule has 0 radical (unpaired) electrons. The van der Waals surface area contributed by atoms with Crippen LogP contribution in [-0.4, -0.2) is 42.3 Å². The number of fused-ring (bicyclic) bond motifs is 1. The lowest BCUT2D eigenvalue weighted by Gasteiger charge is -2.21. The molecule has 0 saturated heterocycles. The van der Waals surface area contributed by atoms with E-state index in [1.807, 2.05) is 26.8 Å². The Labute approximate surface area is 163 Å². The number of hydrazine groups is 1. The molecule has 0 aliphatic carbocycles. The molecule has 2 amide bonds. The van der Waals surface area contributed by atoms with E-state index >= 15 is 0 Å². The lowest BCUT2D eigenvalue weighted by Crippen LogP contribution is -2.43. The number of rotatable bonds is 4. The number of nitrogens with zero attached hydrogens (tertiary/aromatic N) is 3. The van der Waals surface area contributed by atoms with Crippen LogP contribution < -0.4 is 15.2 Å². The van der Waals surface area contributed by atoms with Crippen molar-refractivity contribution >= 4 is 27.5 Å². The third-order valence-corrected chi connectivity index (χ3v) is 5.84. The van der Waals surface area contributed by atoms with Crippen LogP contribution in [0.2, 0.25) is 0 Å². The number of anilines is 1. The zero-order valence-corrected chi connectivity index (χ0v) is 17.0. The van der Waals surface area contributed by atoms with Gasteiger partial charge in [-0.15, -0.1) is 0 Å². The highest BCUT2D eigenvalue weighted by atomic mass is 32.2. The van der Waals surface area contributed by atoms with Crippen LogP contribution in [0.1, 0.15) is 34.2 Å². The predicted octanol–water partition coefficient (Wildman–Crippen LogP) is 0.672. The van der Waals surface area contributed by atoms with Gasteiger partial charge in [0, 0.05) is 17.3 Å². The molecule has 1 atom stereocenters. The Bertz CT molecular complexity index is 1040. The monoisotopic (exact) mass is 405 g/mol. The molecule has 0 fully saturated rings. The first-order chi connectivity index (χ1) is 13.1. The van der Waals surface area contributed by atoms with Crippen molar-refractivity contribution in [3.05, 3.63) is 46.8 Å². The maximum absolute atomic E-state index is 12.4. The standard InChI is InChI=1S/C18H23N5O4S/c1-11-7-12(2)22(21-11)10-17(24)19-20-18(25)14-5-6-16-15(9-14)8-13(3)23(16)28(4,26)27/h5-7,9,13H,8,10H2,1-4H3,(H,19,24)(H,20,25)/t13-/m1/s1. The normalized spacial score (nSPS) is 16.0. The molecule has 1 aromatic carbocycles. The molecule has 3 rings (SSSR count). The second kappa shape index (κ2) is 7.27. The Morgan fingerprint density at radius 2 is 1.93 bits per heavy atom. The molecule has 2 aromatic rings. The first-order valence-electron chi connectivity index (χ1n) is 8.79. The highest BCUT2D eigenvalue weighted by Crippen LogP contribution is 2.34. The summed E-state index contributed by atoms with van der Waals surface area (Å²) in [6.45, 7) is 5.49. The van der Waals surface area contributed by atoms with Crippen LogP contribution >= 0.6 is 0 Å². The van der Waals surface area contributed by atoms with Crippen molar-refractivity contribution in [3.8, 4) is 0 Å². The van der Waals surface area contributed by atoms with E-state index in [4.69, 9.17) is 0 Å². The van der Waals surface area contributed by atoms with Gasteiger partial charge in [-0.05, 0) is 57.0 Å². The Balaban J connectivity index is 1.65. The molecule has 2 heterocycles. The number of hydrogen-bond donors (Lipinski definition) is 2. The van der Waals surface area contributed by atoms with E-state index in [9.17, 15) is 18.0 Å². The Hall–Kier alpha value is -2.88. The Morgan fingerprint density at radius 3 is 2.54 bits per heavy atom. The average molecular weight is 405 g/mol. The summed E-state index contributed by atoms with van der Waals surface area (Å²) in [7, 11) is -3.38. The number of aromatic nitrogens is 2. The van der Waals surface area contributed by atoms with Gasteiger partial charge in [-0.2, -0.15) is 5.10 Å². The van der Waals surface area contributed by atoms with Gasteiger partial charge in [0.2, 0.25) is 10.0 Å². The van der Waals surface area contributed by atoms with E-state index < -0.39 is 21.8 Å². The minimum absolute atomic E-state index is 0.00895. The zero-order valence-electron chi connectivity index (χ0n) is 16.2. The second-order valence-corrected chi connectivity index (χ2v) is 8.90. The van der Waals surface area contributed by atoms with Gasteiger partial charge in [0.1, 0.15) is 6.54 Å². The Morgan fingerprint density at radius 1 is 1.21 bits per heavy atom. The van der Waals surface area contributed by atoms with Crippen molar-refractivity contribution < 1.29 is 18.0 Å². The molecular formula is C18H23N5O4S. The number of carbonyl (C=O) groups excluding carboxylic acids is 2. The maximum Gasteiger partial charge on any atom is 0.269 e. The van der Waals surface area contributed by atoms with Crippen LogP contribution in [-0.2, 0) is 27.8 Å². The Kier molecular flexibility index (Phi) is 5.16. The molecule has 9 nitrogen and oxygen atoms in total. The molecule has 0 unspecified atom stereocenters. The molecule has 2 N–H and O–H groups in total. The minimum Gasteiger partial charge on any atom is -0.271 e. The van der Waals surface area contributed by atoms with E-state index in [2.05, 4.69) is 16.0 Å². The van der Waals surface area contributed by atoms with Crippen LogP contribution in [0.15, 0.2) is 24.3 Å². The van der Waals surface area contributed by atoms with Crippen molar-refractivity contribution in [1.29, 1.82) is 0 Å². The number of nitrogens with one attached hydrogen (secondary N) is 2. The summed E-state index contributed by atoms with van der Waals surface area (Å²) in [5.41, 5.74) is 8.11. The lowest BCUT2D eigenvalue weighted by molar-refractivity contribution is -0.122. The molecule has 10 heteroatoms. The number of amides is 2. The first-order valence-corrected chi connectivity index (χ1v) is 10.6. The molecule has 1 aliphatic heterocycles. The minimum atomic E-state index is -3.38. The molecule has 150 valence electrons. The van der Waals surface area contributed by atoms with E-state index in [0.29, 0.717) is 17.7 Å². The molecule has 0 spiro atoms. The molecule has 0 bridgehead atoms. The van der Waals surface area contributed by atoms with Gasteiger partial charge < -0.3 is 0 Å². The first kappa shape index (κ1) is 19.9. The van der Waals surface area contributed by atoms with Crippen molar-refractivity contribution in [1.82, 2.24) is 20.6 Å². The fourth-order valence-corrected chi connectivity index (χ4v) is 4.72. The smallest absolute Gasteiger partial charge is 0.269 e. The van der Waals surface area contributed by atoms with E-state index in [1.54, 1.807) is 16.8 Å². The highest BCUT2D eigenvalue weighted by Gasteiger charge is 2.32. The van der Waals surface area contributed by atoms with Crippen LogP contribution in [0.5, 0.6) is 0 Å². The maximum atomic E-state index is 12.4. The van der Waals surface area contributed by atoms with Crippen LogP contribution in [0, 0.1) is 13.8 Å². The third kappa shape index (κ3) is 4.01. The van der Waals surface area contributed by atoms with Gasteiger partial charge in [-0.1, -0.05) is 0 Å². The van der Waals surface area contributed by atoms with Gasteiger partial charge >= 0.3 is 0 Å². The summed E-state index contributed by atoms with van der Waals surface area (Å²) in [6, 6.07) is 6.46. The third-order valence-electron chi connectivity index (χ3n) is 4.56. The number of hydrogen-bond acceptors (Lipinski definition) is 5. The van der Waals surface area contributed by atoms with E-state index in [0.717, 1.165) is 23.2 Å². The summed E-state index contributed by atoms with van der Waals surface area (Å²) in [4.78, 5) is 24.4. The molecule has 1 aromatic heterocycles. The molecule has 1 aliphatic rings. The summed E-state index contributed by atoms with van der Waals surface area (Å²) >= 11 is 0. The van der Waals surface area contributed by atoms with E-state index in [1.165, 1.54) is 10.4 Å². The predicted molar refractivity (Wildman–Crippen MR) is 104 cm³/mol. The summed E-state index contributed by atoms with van der Waals surface area (Å²) in [5, 5.41) is 4.20. The quantitative estimate of drug-likeness (QED) is 0.726. The fourth-order valence-electron chi connectivity index (χ4n) is 3.46. The molecular weight excluding hydrogens is 382 g/mol. The largest absolute Gasteiger partial charge is 0.271 e. The highest BCUT2D eigenvalue weighted by molar-refractivity contribution is 7.92. The summed E-state index contributed by atoms with van der Waals surface area (Å²) in [5.74, 6) is -0.882. The van der Waals surface area contributed by atoms with Crippen LogP contribution in [0.4, 0.5) is 5.69 Å². The summed E-state index contributed by atoms with van der Waals surface area (Å²) in [6.07, 6.45) is 1.69. The second-order valence-electron chi connectivity index (χ2n) is 7.04. The molecule has 28 heavy (non-hydrogen) atoms. The van der Waals surface area contributed by atoms with Crippen molar-refractivity contribution in [2.45, 2.75) is 39.8 Å². The topological polar surface area (TPSA) is 113 Å². The summed E-state index contributed by atoms with van der Waals surface area (Å²) < 4.78 is 26.9. The lowest BCUT2D eigenvalue weighted by atomic mass is 10.1.